The molecule has 0 saturated carbocycles. The summed E-state index contributed by atoms with van der Waals surface area (Å²) in [5.74, 6) is 2.12. The van der Waals surface area contributed by atoms with Crippen LogP contribution in [-0.4, -0.2) is 48.9 Å². The molecule has 0 amide bonds. The number of rotatable bonds is 5. The van der Waals surface area contributed by atoms with Gasteiger partial charge in [-0.3, -0.25) is 0 Å². The van der Waals surface area contributed by atoms with Crippen LogP contribution in [0.5, 0.6) is 0 Å². The van der Waals surface area contributed by atoms with Gasteiger partial charge in [-0.15, -0.1) is 11.3 Å². The molecule has 2 aromatic heterocycles. The zero-order chi connectivity index (χ0) is 23.2. The monoisotopic (exact) mass is 484 g/mol. The molecule has 2 atom stereocenters. The second kappa shape index (κ2) is 8.96. The predicted octanol–water partition coefficient (Wildman–Crippen LogP) is 4.84. The van der Waals surface area contributed by atoms with E-state index in [0.29, 0.717) is 37.0 Å². The summed E-state index contributed by atoms with van der Waals surface area (Å²) in [5, 5.41) is 1.20. The fourth-order valence-corrected chi connectivity index (χ4v) is 7.76. The lowest BCUT2D eigenvalue weighted by molar-refractivity contribution is 0.384. The Morgan fingerprint density at radius 2 is 1.85 bits per heavy atom. The van der Waals surface area contributed by atoms with Gasteiger partial charge in [-0.2, -0.15) is 4.31 Å². The minimum atomic E-state index is -3.49. The average molecular weight is 485 g/mol. The Balaban J connectivity index is 1.35. The summed E-state index contributed by atoms with van der Waals surface area (Å²) in [7, 11) is -3.49. The van der Waals surface area contributed by atoms with Gasteiger partial charge in [0.15, 0.2) is 0 Å². The van der Waals surface area contributed by atoms with E-state index in [-0.39, 0.29) is 0 Å². The Morgan fingerprint density at radius 1 is 1.12 bits per heavy atom. The maximum Gasteiger partial charge on any atom is 0.243 e. The molecule has 176 valence electrons. The molecule has 1 aliphatic carbocycles. The molecule has 0 spiro atoms. The van der Waals surface area contributed by atoms with Crippen LogP contribution in [0.3, 0.4) is 0 Å². The summed E-state index contributed by atoms with van der Waals surface area (Å²) in [4.78, 5) is 14.4. The molecule has 1 aromatic carbocycles. The Bertz CT molecular complexity index is 1250. The zero-order valence-corrected chi connectivity index (χ0v) is 21.3. The molecular weight excluding hydrogens is 452 g/mol. The smallest absolute Gasteiger partial charge is 0.243 e. The fraction of sp³-hybridized carbons (Fsp3) is 0.520. The van der Waals surface area contributed by atoms with Crippen molar-refractivity contribution in [3.8, 4) is 0 Å². The van der Waals surface area contributed by atoms with Crippen molar-refractivity contribution < 1.29 is 8.42 Å². The van der Waals surface area contributed by atoms with Crippen molar-refractivity contribution in [1.82, 2.24) is 14.3 Å². The van der Waals surface area contributed by atoms with Crippen molar-refractivity contribution >= 4 is 37.4 Å². The molecule has 1 fully saturated rings. The number of benzene rings is 1. The molecule has 3 heterocycles. The summed E-state index contributed by atoms with van der Waals surface area (Å²) < 4.78 is 28.1. The largest absolute Gasteiger partial charge is 0.353 e. The van der Waals surface area contributed by atoms with Gasteiger partial charge in [0, 0.05) is 31.1 Å². The number of piperazine rings is 1. The molecule has 2 aliphatic rings. The van der Waals surface area contributed by atoms with Crippen molar-refractivity contribution in [3.05, 3.63) is 46.6 Å². The van der Waals surface area contributed by atoms with Gasteiger partial charge in [-0.25, -0.2) is 18.4 Å². The Kier molecular flexibility index (Phi) is 6.18. The normalized spacial score (nSPS) is 20.7. The third kappa shape index (κ3) is 4.17. The van der Waals surface area contributed by atoms with Crippen LogP contribution < -0.4 is 4.90 Å². The maximum absolute atomic E-state index is 13.3. The summed E-state index contributed by atoms with van der Waals surface area (Å²) in [6.07, 6.45) is 6.10. The molecule has 8 heteroatoms. The first-order chi connectivity index (χ1) is 15.9. The first-order valence-electron chi connectivity index (χ1n) is 12.0. The Hall–Kier alpha value is -2.03. The Morgan fingerprint density at radius 3 is 2.55 bits per heavy atom. The van der Waals surface area contributed by atoms with Crippen LogP contribution in [0.25, 0.3) is 10.2 Å². The standard InChI is InChI=1S/C25H32N4O2S2/c1-4-18(3)19-6-8-20(9-7-19)33(30,31)29-13-11-28(12-14-29)24-23-21-10-5-17(2)15-22(21)32-25(23)27-16-26-24/h6-9,16-18H,4-5,10-15H2,1-3H3/t17-,18-/m1/s1. The molecule has 3 aromatic rings. The van der Waals surface area contributed by atoms with Crippen LogP contribution in [0.4, 0.5) is 5.82 Å². The van der Waals surface area contributed by atoms with Crippen molar-refractivity contribution in [3.63, 3.8) is 0 Å². The number of nitrogens with zero attached hydrogens (tertiary/aromatic N) is 4. The number of hydrogen-bond acceptors (Lipinski definition) is 6. The Labute approximate surface area is 200 Å². The van der Waals surface area contributed by atoms with E-state index in [9.17, 15) is 8.42 Å². The molecular formula is C25H32N4O2S2. The molecule has 1 saturated heterocycles. The van der Waals surface area contributed by atoms with Crippen LogP contribution in [0.2, 0.25) is 0 Å². The van der Waals surface area contributed by atoms with E-state index in [1.54, 1.807) is 34.1 Å². The molecule has 1 aliphatic heterocycles. The SMILES string of the molecule is CC[C@@H](C)c1ccc(S(=O)(=O)N2CCN(c3ncnc4sc5c(c34)CC[C@@H](C)C5)CC2)cc1. The number of fused-ring (bicyclic) bond motifs is 3. The molecule has 0 N–H and O–H groups in total. The first-order valence-corrected chi connectivity index (χ1v) is 14.2. The van der Waals surface area contributed by atoms with E-state index in [4.69, 9.17) is 0 Å². The predicted molar refractivity (Wildman–Crippen MR) is 135 cm³/mol. The van der Waals surface area contributed by atoms with E-state index in [1.807, 2.05) is 12.1 Å². The lowest BCUT2D eigenvalue weighted by Crippen LogP contribution is -2.49. The minimum Gasteiger partial charge on any atom is -0.353 e. The lowest BCUT2D eigenvalue weighted by atomic mass is 9.89. The van der Waals surface area contributed by atoms with Crippen molar-refractivity contribution in [2.75, 3.05) is 31.1 Å². The van der Waals surface area contributed by atoms with Crippen LogP contribution in [0.15, 0.2) is 35.5 Å². The van der Waals surface area contributed by atoms with Crippen molar-refractivity contribution in [2.45, 2.75) is 57.3 Å². The topological polar surface area (TPSA) is 66.4 Å². The van der Waals surface area contributed by atoms with Gasteiger partial charge in [0.05, 0.1) is 10.3 Å². The third-order valence-corrected chi connectivity index (χ3v) is 10.4. The van der Waals surface area contributed by atoms with Crippen molar-refractivity contribution in [1.29, 1.82) is 0 Å². The van der Waals surface area contributed by atoms with Gasteiger partial charge < -0.3 is 4.90 Å². The third-order valence-electron chi connectivity index (χ3n) is 7.31. The number of hydrogen-bond donors (Lipinski definition) is 0. The van der Waals surface area contributed by atoms with Gasteiger partial charge in [-0.1, -0.05) is 32.9 Å². The fourth-order valence-electron chi connectivity index (χ4n) is 4.99. The summed E-state index contributed by atoms with van der Waals surface area (Å²) in [5.41, 5.74) is 2.60. The number of anilines is 1. The lowest BCUT2D eigenvalue weighted by Gasteiger charge is -2.35. The molecule has 0 bridgehead atoms. The van der Waals surface area contributed by atoms with Crippen LogP contribution in [-0.2, 0) is 22.9 Å². The highest BCUT2D eigenvalue weighted by Gasteiger charge is 2.31. The molecule has 0 radical (unpaired) electrons. The second-order valence-electron chi connectivity index (χ2n) is 9.50. The maximum atomic E-state index is 13.3. The van der Waals surface area contributed by atoms with E-state index in [1.165, 1.54) is 27.8 Å². The number of sulfonamides is 1. The summed E-state index contributed by atoms with van der Waals surface area (Å²) in [6, 6.07) is 7.43. The number of aromatic nitrogens is 2. The number of thiophene rings is 1. The van der Waals surface area contributed by atoms with Gasteiger partial charge in [-0.05, 0) is 60.8 Å². The van der Waals surface area contributed by atoms with E-state index in [2.05, 4.69) is 35.6 Å². The molecule has 5 rings (SSSR count). The van der Waals surface area contributed by atoms with E-state index < -0.39 is 10.0 Å². The van der Waals surface area contributed by atoms with Gasteiger partial charge in [0.25, 0.3) is 0 Å². The second-order valence-corrected chi connectivity index (χ2v) is 12.5. The molecule has 0 unspecified atom stereocenters. The average Bonchev–Trinajstić information content (AvgIpc) is 3.21. The summed E-state index contributed by atoms with van der Waals surface area (Å²) in [6.45, 7) is 8.82. The van der Waals surface area contributed by atoms with Gasteiger partial charge >= 0.3 is 0 Å². The first kappa shape index (κ1) is 22.7. The molecule has 33 heavy (non-hydrogen) atoms. The number of aryl methyl sites for hydroxylation is 1. The highest BCUT2D eigenvalue weighted by molar-refractivity contribution is 7.89. The van der Waals surface area contributed by atoms with Crippen molar-refractivity contribution in [2.24, 2.45) is 5.92 Å². The van der Waals surface area contributed by atoms with Gasteiger partial charge in [0.2, 0.25) is 10.0 Å². The van der Waals surface area contributed by atoms with E-state index in [0.717, 1.165) is 35.8 Å². The van der Waals surface area contributed by atoms with E-state index >= 15 is 0 Å². The highest BCUT2D eigenvalue weighted by Crippen LogP contribution is 2.40. The summed E-state index contributed by atoms with van der Waals surface area (Å²) >= 11 is 1.80. The quantitative estimate of drug-likeness (QED) is 0.518. The highest BCUT2D eigenvalue weighted by atomic mass is 32.2. The van der Waals surface area contributed by atoms with Crippen LogP contribution in [0.1, 0.15) is 55.5 Å². The minimum absolute atomic E-state index is 0.383. The van der Waals surface area contributed by atoms with Crippen LogP contribution >= 0.6 is 11.3 Å². The molecule has 6 nitrogen and oxygen atoms in total. The van der Waals surface area contributed by atoms with Gasteiger partial charge in [0.1, 0.15) is 17.0 Å². The van der Waals surface area contributed by atoms with Crippen LogP contribution in [0, 0.1) is 5.92 Å². The zero-order valence-electron chi connectivity index (χ0n) is 19.6.